The quantitative estimate of drug-likeness (QED) is 0.843. The smallest absolute Gasteiger partial charge is 0.290 e. The van der Waals surface area contributed by atoms with Crippen LogP contribution in [0.2, 0.25) is 0 Å². The van der Waals surface area contributed by atoms with Gasteiger partial charge in [-0.05, 0) is 42.7 Å². The van der Waals surface area contributed by atoms with Crippen molar-refractivity contribution < 1.29 is 9.59 Å². The first kappa shape index (κ1) is 14.1. The van der Waals surface area contributed by atoms with Crippen LogP contribution in [0.5, 0.6) is 0 Å². The van der Waals surface area contributed by atoms with E-state index in [9.17, 15) is 9.59 Å². The lowest BCUT2D eigenvalue weighted by atomic mass is 10.00. The van der Waals surface area contributed by atoms with Crippen molar-refractivity contribution in [2.24, 2.45) is 5.92 Å². The van der Waals surface area contributed by atoms with E-state index in [1.807, 2.05) is 0 Å². The Hall–Kier alpha value is -1.89. The lowest BCUT2D eigenvalue weighted by Crippen LogP contribution is -2.34. The van der Waals surface area contributed by atoms with Crippen LogP contribution < -0.4 is 10.2 Å². The molecule has 0 spiro atoms. The van der Waals surface area contributed by atoms with Crippen LogP contribution in [-0.2, 0) is 4.79 Å². The second-order valence-corrected chi connectivity index (χ2v) is 6.32. The summed E-state index contributed by atoms with van der Waals surface area (Å²) in [6, 6.07) is 1.74. The zero-order valence-corrected chi connectivity index (χ0v) is 12.5. The first-order chi connectivity index (χ1) is 10.1. The Labute approximate surface area is 127 Å². The van der Waals surface area contributed by atoms with Crippen LogP contribution in [0.3, 0.4) is 0 Å². The van der Waals surface area contributed by atoms with E-state index in [0.717, 1.165) is 43.6 Å². The van der Waals surface area contributed by atoms with E-state index in [-0.39, 0.29) is 11.1 Å². The van der Waals surface area contributed by atoms with Crippen molar-refractivity contribution in [3.8, 4) is 0 Å². The summed E-state index contributed by atoms with van der Waals surface area (Å²) in [6.07, 6.45) is 5.59. The van der Waals surface area contributed by atoms with Gasteiger partial charge in [0.2, 0.25) is 5.95 Å². The Morgan fingerprint density at radius 2 is 2.14 bits per heavy atom. The molecule has 1 aromatic rings. The number of aromatic nitrogens is 2. The molecule has 2 aliphatic heterocycles. The first-order valence-electron chi connectivity index (χ1n) is 6.94. The van der Waals surface area contributed by atoms with Crippen molar-refractivity contribution in [3.63, 3.8) is 0 Å². The minimum Gasteiger partial charge on any atom is -0.341 e. The molecule has 0 radical (unpaired) electrons. The molecule has 0 aliphatic carbocycles. The van der Waals surface area contributed by atoms with E-state index in [2.05, 4.69) is 27.1 Å². The summed E-state index contributed by atoms with van der Waals surface area (Å²) in [4.78, 5) is 34.0. The van der Waals surface area contributed by atoms with E-state index < -0.39 is 0 Å². The zero-order valence-electron chi connectivity index (χ0n) is 11.7. The zero-order chi connectivity index (χ0) is 14.8. The summed E-state index contributed by atoms with van der Waals surface area (Å²) in [5, 5.41) is 1.89. The van der Waals surface area contributed by atoms with Crippen molar-refractivity contribution in [1.29, 1.82) is 0 Å². The molecule has 2 saturated heterocycles. The topological polar surface area (TPSA) is 75.2 Å². The predicted octanol–water partition coefficient (Wildman–Crippen LogP) is 2.04. The standard InChI is InChI=1S/C14H16N4O2S/c1-9-3-6-18(7-4-9)13-15-5-2-10(16-13)8-11-12(19)17-14(20)21-11/h2,5,8-9H,3-4,6-7H2,1H3,(H,17,19,20)/b11-8+. The number of anilines is 1. The molecule has 110 valence electrons. The third kappa shape index (κ3) is 3.24. The fourth-order valence-corrected chi connectivity index (χ4v) is 3.03. The number of imide groups is 1. The second-order valence-electron chi connectivity index (χ2n) is 5.30. The summed E-state index contributed by atoms with van der Waals surface area (Å²) in [7, 11) is 0. The number of nitrogens with one attached hydrogen (secondary N) is 1. The van der Waals surface area contributed by atoms with Gasteiger partial charge in [0.15, 0.2) is 0 Å². The van der Waals surface area contributed by atoms with Crippen LogP contribution in [0.1, 0.15) is 25.5 Å². The van der Waals surface area contributed by atoms with Crippen molar-refractivity contribution >= 4 is 34.9 Å². The predicted molar refractivity (Wildman–Crippen MR) is 81.7 cm³/mol. The summed E-state index contributed by atoms with van der Waals surface area (Å²) >= 11 is 0.898. The molecule has 6 nitrogen and oxygen atoms in total. The van der Waals surface area contributed by atoms with Gasteiger partial charge in [0.25, 0.3) is 11.1 Å². The molecule has 0 bridgehead atoms. The van der Waals surface area contributed by atoms with Gasteiger partial charge < -0.3 is 4.90 Å². The monoisotopic (exact) mass is 304 g/mol. The van der Waals surface area contributed by atoms with Gasteiger partial charge in [-0.3, -0.25) is 14.9 Å². The third-order valence-electron chi connectivity index (χ3n) is 3.65. The Morgan fingerprint density at radius 3 is 2.81 bits per heavy atom. The lowest BCUT2D eigenvalue weighted by Gasteiger charge is -2.30. The molecule has 1 aromatic heterocycles. The SMILES string of the molecule is CC1CCN(c2nccc(/C=C3/SC(=O)NC3=O)n2)CC1. The average molecular weight is 304 g/mol. The number of nitrogens with zero attached hydrogens (tertiary/aromatic N) is 3. The normalized spacial score (nSPS) is 22.0. The minimum absolute atomic E-state index is 0.342. The largest absolute Gasteiger partial charge is 0.341 e. The molecule has 21 heavy (non-hydrogen) atoms. The Bertz CT molecular complexity index is 609. The van der Waals surface area contributed by atoms with E-state index >= 15 is 0 Å². The summed E-state index contributed by atoms with van der Waals surface area (Å²) in [6.45, 7) is 4.16. The maximum atomic E-state index is 11.5. The van der Waals surface area contributed by atoms with Gasteiger partial charge in [0.1, 0.15) is 0 Å². The number of thioether (sulfide) groups is 1. The maximum absolute atomic E-state index is 11.5. The fourth-order valence-electron chi connectivity index (χ4n) is 2.36. The van der Waals surface area contributed by atoms with Crippen LogP contribution in [0.15, 0.2) is 17.2 Å². The highest BCUT2D eigenvalue weighted by molar-refractivity contribution is 8.18. The van der Waals surface area contributed by atoms with E-state index in [1.54, 1.807) is 18.3 Å². The van der Waals surface area contributed by atoms with Crippen LogP contribution in [-0.4, -0.2) is 34.2 Å². The number of hydrogen-bond acceptors (Lipinski definition) is 6. The molecular weight excluding hydrogens is 288 g/mol. The highest BCUT2D eigenvalue weighted by Crippen LogP contribution is 2.25. The number of piperidine rings is 1. The van der Waals surface area contributed by atoms with Gasteiger partial charge in [0, 0.05) is 19.3 Å². The molecule has 0 saturated carbocycles. The number of hydrogen-bond donors (Lipinski definition) is 1. The molecule has 2 fully saturated rings. The molecule has 1 N–H and O–H groups in total. The highest BCUT2D eigenvalue weighted by atomic mass is 32.2. The lowest BCUT2D eigenvalue weighted by molar-refractivity contribution is -0.115. The maximum Gasteiger partial charge on any atom is 0.290 e. The van der Waals surface area contributed by atoms with Crippen LogP contribution in [0.4, 0.5) is 10.7 Å². The van der Waals surface area contributed by atoms with Gasteiger partial charge in [-0.2, -0.15) is 0 Å². The Kier molecular flexibility index (Phi) is 3.92. The molecule has 0 atom stereocenters. The molecule has 3 rings (SSSR count). The Morgan fingerprint density at radius 1 is 1.38 bits per heavy atom. The molecule has 2 aliphatic rings. The molecule has 0 aromatic carbocycles. The molecule has 2 amide bonds. The molecule has 3 heterocycles. The van der Waals surface area contributed by atoms with Gasteiger partial charge in [-0.15, -0.1) is 0 Å². The number of carbonyl (C=O) groups is 2. The van der Waals surface area contributed by atoms with Crippen LogP contribution >= 0.6 is 11.8 Å². The Balaban J connectivity index is 1.79. The van der Waals surface area contributed by atoms with E-state index in [4.69, 9.17) is 0 Å². The number of carbonyl (C=O) groups excluding carboxylic acids is 2. The molecular formula is C14H16N4O2S. The second kappa shape index (κ2) is 5.85. The first-order valence-corrected chi connectivity index (χ1v) is 7.76. The highest BCUT2D eigenvalue weighted by Gasteiger charge is 2.25. The van der Waals surface area contributed by atoms with Crippen molar-refractivity contribution in [2.75, 3.05) is 18.0 Å². The van der Waals surface area contributed by atoms with E-state index in [1.165, 1.54) is 0 Å². The molecule has 0 unspecified atom stereocenters. The van der Waals surface area contributed by atoms with Gasteiger partial charge >= 0.3 is 0 Å². The van der Waals surface area contributed by atoms with Gasteiger partial charge in [0.05, 0.1) is 10.6 Å². The van der Waals surface area contributed by atoms with Crippen LogP contribution in [0, 0.1) is 5.92 Å². The number of rotatable bonds is 2. The summed E-state index contributed by atoms with van der Waals surface area (Å²) in [5.41, 5.74) is 0.644. The van der Waals surface area contributed by atoms with Gasteiger partial charge in [-0.25, -0.2) is 9.97 Å². The van der Waals surface area contributed by atoms with Crippen molar-refractivity contribution in [3.05, 3.63) is 22.9 Å². The van der Waals surface area contributed by atoms with E-state index in [0.29, 0.717) is 16.5 Å². The molecule has 7 heteroatoms. The van der Waals surface area contributed by atoms with Crippen molar-refractivity contribution in [2.45, 2.75) is 19.8 Å². The summed E-state index contributed by atoms with van der Waals surface area (Å²) < 4.78 is 0. The van der Waals surface area contributed by atoms with Gasteiger partial charge in [-0.1, -0.05) is 6.92 Å². The number of amides is 2. The van der Waals surface area contributed by atoms with Crippen molar-refractivity contribution in [1.82, 2.24) is 15.3 Å². The average Bonchev–Trinajstić information content (AvgIpc) is 2.78. The summed E-state index contributed by atoms with van der Waals surface area (Å²) in [5.74, 6) is 1.07. The fraction of sp³-hybridized carbons (Fsp3) is 0.429. The third-order valence-corrected chi connectivity index (χ3v) is 4.46. The minimum atomic E-state index is -0.364. The van der Waals surface area contributed by atoms with Crippen LogP contribution in [0.25, 0.3) is 6.08 Å².